The molecule has 0 saturated carbocycles. The van der Waals surface area contributed by atoms with Gasteiger partial charge in [0.25, 0.3) is 0 Å². The molecule has 2 N–H and O–H groups in total. The van der Waals surface area contributed by atoms with Gasteiger partial charge in [-0.05, 0) is 35.4 Å². The van der Waals surface area contributed by atoms with Crippen LogP contribution in [-0.2, 0) is 10.5 Å². The summed E-state index contributed by atoms with van der Waals surface area (Å²) in [4.78, 5) is 28.9. The molecule has 0 bridgehead atoms. The third-order valence-electron chi connectivity index (χ3n) is 4.22. The van der Waals surface area contributed by atoms with Crippen LogP contribution in [-0.4, -0.2) is 39.5 Å². The number of methoxy groups -OCH3 is 1. The summed E-state index contributed by atoms with van der Waals surface area (Å²) in [6, 6.07) is 12.8. The molecule has 9 heteroatoms. The summed E-state index contributed by atoms with van der Waals surface area (Å²) in [6.07, 6.45) is -0.105. The van der Waals surface area contributed by atoms with Gasteiger partial charge < -0.3 is 14.9 Å². The van der Waals surface area contributed by atoms with Gasteiger partial charge in [-0.3, -0.25) is 0 Å². The zero-order chi connectivity index (χ0) is 21.0. The summed E-state index contributed by atoms with van der Waals surface area (Å²) in [6.45, 7) is 0. The minimum Gasteiger partial charge on any atom is -0.497 e. The molecule has 7 nitrogen and oxygen atoms in total. The number of thioether (sulfide) groups is 1. The molecule has 2 aromatic carbocycles. The van der Waals surface area contributed by atoms with Crippen molar-refractivity contribution < 1.29 is 24.5 Å². The molecule has 3 rings (SSSR count). The molecular formula is C20H17ClN2O5S. The highest BCUT2D eigenvalue weighted by Crippen LogP contribution is 2.36. The normalized spacial score (nSPS) is 16.1. The number of amidine groups is 1. The van der Waals surface area contributed by atoms with Crippen LogP contribution < -0.4 is 4.74 Å². The predicted molar refractivity (Wildman–Crippen MR) is 111 cm³/mol. The lowest BCUT2D eigenvalue weighted by atomic mass is 9.97. The van der Waals surface area contributed by atoms with Gasteiger partial charge in [-0.2, -0.15) is 0 Å². The van der Waals surface area contributed by atoms with E-state index in [2.05, 4.69) is 4.99 Å². The van der Waals surface area contributed by atoms with Crippen molar-refractivity contribution in [3.63, 3.8) is 0 Å². The van der Waals surface area contributed by atoms with Crippen LogP contribution >= 0.6 is 23.4 Å². The lowest BCUT2D eigenvalue weighted by molar-refractivity contribution is -0.133. The van der Waals surface area contributed by atoms with Gasteiger partial charge in [0, 0.05) is 17.0 Å². The monoisotopic (exact) mass is 432 g/mol. The van der Waals surface area contributed by atoms with E-state index in [-0.39, 0.29) is 10.7 Å². The Morgan fingerprint density at radius 3 is 2.52 bits per heavy atom. The zero-order valence-corrected chi connectivity index (χ0v) is 16.9. The molecule has 0 saturated heterocycles. The summed E-state index contributed by atoms with van der Waals surface area (Å²) in [5.41, 5.74) is 1.24. The summed E-state index contributed by atoms with van der Waals surface area (Å²) < 4.78 is 5.13. The van der Waals surface area contributed by atoms with Crippen molar-refractivity contribution in [2.75, 3.05) is 7.11 Å². The molecule has 29 heavy (non-hydrogen) atoms. The van der Waals surface area contributed by atoms with E-state index in [4.69, 9.17) is 16.3 Å². The van der Waals surface area contributed by atoms with Crippen LogP contribution in [0, 0.1) is 0 Å². The number of aliphatic carboxylic acids is 1. The van der Waals surface area contributed by atoms with E-state index in [0.29, 0.717) is 16.3 Å². The Hall–Kier alpha value is -2.97. The van der Waals surface area contributed by atoms with E-state index in [9.17, 15) is 19.8 Å². The Bertz CT molecular complexity index is 991. The van der Waals surface area contributed by atoms with Crippen LogP contribution in [0.25, 0.3) is 0 Å². The molecule has 1 amide bonds. The molecule has 0 aromatic heterocycles. The summed E-state index contributed by atoms with van der Waals surface area (Å²) in [5.74, 6) is -0.0781. The fraction of sp³-hybridized carbons (Fsp3) is 0.150. The third-order valence-corrected chi connectivity index (χ3v) is 5.49. The maximum atomic E-state index is 12.1. The number of hydrogen-bond donors (Lipinski definition) is 2. The highest BCUT2D eigenvalue weighted by Gasteiger charge is 2.37. The fourth-order valence-corrected chi connectivity index (χ4v) is 3.99. The summed E-state index contributed by atoms with van der Waals surface area (Å²) >= 11 is 7.24. The van der Waals surface area contributed by atoms with Crippen molar-refractivity contribution in [2.45, 2.75) is 11.8 Å². The number of amides is 1. The van der Waals surface area contributed by atoms with E-state index in [1.807, 2.05) is 24.3 Å². The molecule has 1 aliphatic heterocycles. The summed E-state index contributed by atoms with van der Waals surface area (Å²) in [5, 5.41) is 20.0. The van der Waals surface area contributed by atoms with Gasteiger partial charge in [-0.1, -0.05) is 47.6 Å². The van der Waals surface area contributed by atoms with Crippen molar-refractivity contribution in [2.24, 2.45) is 4.99 Å². The number of benzene rings is 2. The standard InChI is InChI=1S/C20H17ClN2O5S/c1-28-15-7-5-12(6-8-15)11-29-19-22-10-16(18(24)25)17(23(19)20(26)27)13-3-2-4-14(21)9-13/h2-10,17H,11H2,1H3,(H,24,25)(H,26,27). The topological polar surface area (TPSA) is 99.4 Å². The Labute approximate surface area is 176 Å². The predicted octanol–water partition coefficient (Wildman–Crippen LogP) is 4.64. The zero-order valence-electron chi connectivity index (χ0n) is 15.3. The van der Waals surface area contributed by atoms with E-state index in [0.717, 1.165) is 16.2 Å². The summed E-state index contributed by atoms with van der Waals surface area (Å²) in [7, 11) is 1.58. The van der Waals surface area contributed by atoms with Crippen LogP contribution in [0.4, 0.5) is 4.79 Å². The van der Waals surface area contributed by atoms with Gasteiger partial charge >= 0.3 is 12.1 Å². The van der Waals surface area contributed by atoms with Crippen LogP contribution in [0.15, 0.2) is 65.3 Å². The van der Waals surface area contributed by atoms with Crippen molar-refractivity contribution in [3.05, 3.63) is 76.5 Å². The molecule has 0 spiro atoms. The number of carboxylic acids is 1. The van der Waals surface area contributed by atoms with Gasteiger partial charge in [0.1, 0.15) is 11.8 Å². The largest absolute Gasteiger partial charge is 0.497 e. The van der Waals surface area contributed by atoms with Crippen LogP contribution in [0.1, 0.15) is 17.2 Å². The lowest BCUT2D eigenvalue weighted by Gasteiger charge is -2.32. The van der Waals surface area contributed by atoms with Crippen LogP contribution in [0.5, 0.6) is 5.75 Å². The van der Waals surface area contributed by atoms with Crippen molar-refractivity contribution >= 4 is 40.6 Å². The first-order valence-corrected chi connectivity index (χ1v) is 9.81. The molecule has 2 aromatic rings. The molecule has 1 atom stereocenters. The quantitative estimate of drug-likeness (QED) is 0.713. The van der Waals surface area contributed by atoms with E-state index >= 15 is 0 Å². The van der Waals surface area contributed by atoms with E-state index in [1.165, 1.54) is 18.0 Å². The molecule has 1 heterocycles. The third kappa shape index (κ3) is 4.72. The Balaban J connectivity index is 1.93. The molecule has 1 unspecified atom stereocenters. The molecule has 1 aliphatic rings. The number of rotatable bonds is 5. The average molecular weight is 433 g/mol. The number of carbonyl (C=O) groups is 2. The van der Waals surface area contributed by atoms with Gasteiger partial charge in [-0.25, -0.2) is 19.5 Å². The van der Waals surface area contributed by atoms with E-state index < -0.39 is 18.1 Å². The molecular weight excluding hydrogens is 416 g/mol. The number of halogens is 1. The van der Waals surface area contributed by atoms with E-state index in [1.54, 1.807) is 31.4 Å². The van der Waals surface area contributed by atoms with Crippen molar-refractivity contribution in [3.8, 4) is 5.75 Å². The molecule has 0 fully saturated rings. The maximum absolute atomic E-state index is 12.1. The number of aliphatic imine (C=N–C) groups is 1. The molecule has 150 valence electrons. The van der Waals surface area contributed by atoms with Gasteiger partial charge in [0.2, 0.25) is 0 Å². The number of ether oxygens (including phenoxy) is 1. The number of nitrogens with zero attached hydrogens (tertiary/aromatic N) is 2. The Kier molecular flexibility index (Phi) is 6.46. The first-order chi connectivity index (χ1) is 13.9. The number of carboxylic acid groups (broad SMARTS) is 2. The van der Waals surface area contributed by atoms with Gasteiger partial charge in [0.05, 0.1) is 12.7 Å². The SMILES string of the molecule is COc1ccc(CSC2=NC=C(C(=O)O)C(c3cccc(Cl)c3)N2C(=O)O)cc1. The second-order valence-electron chi connectivity index (χ2n) is 6.05. The smallest absolute Gasteiger partial charge is 0.414 e. The Morgan fingerprint density at radius 2 is 1.93 bits per heavy atom. The van der Waals surface area contributed by atoms with Crippen molar-refractivity contribution in [1.29, 1.82) is 0 Å². The molecule has 0 radical (unpaired) electrons. The highest BCUT2D eigenvalue weighted by molar-refractivity contribution is 8.13. The van der Waals surface area contributed by atoms with Crippen LogP contribution in [0.2, 0.25) is 5.02 Å². The van der Waals surface area contributed by atoms with Gasteiger partial charge in [-0.15, -0.1) is 0 Å². The highest BCUT2D eigenvalue weighted by atomic mass is 35.5. The minimum atomic E-state index is -1.30. The maximum Gasteiger partial charge on any atom is 0.414 e. The first kappa shape index (κ1) is 20.8. The second kappa shape index (κ2) is 9.02. The average Bonchev–Trinajstić information content (AvgIpc) is 2.71. The first-order valence-electron chi connectivity index (χ1n) is 8.45. The lowest BCUT2D eigenvalue weighted by Crippen LogP contribution is -2.41. The van der Waals surface area contributed by atoms with Crippen molar-refractivity contribution in [1.82, 2.24) is 4.90 Å². The van der Waals surface area contributed by atoms with Crippen LogP contribution in [0.3, 0.4) is 0 Å². The Morgan fingerprint density at radius 1 is 1.21 bits per heavy atom. The fourth-order valence-electron chi connectivity index (χ4n) is 2.85. The minimum absolute atomic E-state index is 0.150. The number of hydrogen-bond acceptors (Lipinski definition) is 5. The second-order valence-corrected chi connectivity index (χ2v) is 7.43. The van der Waals surface area contributed by atoms with Gasteiger partial charge in [0.15, 0.2) is 5.17 Å². The molecule has 0 aliphatic carbocycles.